The van der Waals surface area contributed by atoms with Gasteiger partial charge in [-0.3, -0.25) is 9.10 Å². The van der Waals surface area contributed by atoms with Gasteiger partial charge in [-0.1, -0.05) is 17.7 Å². The van der Waals surface area contributed by atoms with Crippen LogP contribution in [0.4, 0.5) is 11.4 Å². The zero-order valence-electron chi connectivity index (χ0n) is 19.2. The predicted octanol–water partition coefficient (Wildman–Crippen LogP) is 4.51. The van der Waals surface area contributed by atoms with Gasteiger partial charge in [0.25, 0.3) is 10.0 Å². The number of methoxy groups -OCH3 is 3. The summed E-state index contributed by atoms with van der Waals surface area (Å²) in [5, 5.41) is 3.14. The summed E-state index contributed by atoms with van der Waals surface area (Å²) in [5.41, 5.74) is 1.42. The first-order chi connectivity index (χ1) is 16.2. The topological polar surface area (TPSA) is 94.2 Å². The fourth-order valence-corrected chi connectivity index (χ4v) is 5.06. The van der Waals surface area contributed by atoms with E-state index in [9.17, 15) is 13.2 Å². The van der Waals surface area contributed by atoms with Crippen molar-refractivity contribution in [1.82, 2.24) is 0 Å². The second-order valence-electron chi connectivity index (χ2n) is 7.26. The molecule has 0 unspecified atom stereocenters. The number of anilines is 2. The highest BCUT2D eigenvalue weighted by Gasteiger charge is 2.30. The molecule has 0 aliphatic rings. The second-order valence-corrected chi connectivity index (χ2v) is 9.53. The highest BCUT2D eigenvalue weighted by atomic mass is 35.5. The molecule has 180 valence electrons. The van der Waals surface area contributed by atoms with E-state index in [1.165, 1.54) is 39.5 Å². The van der Waals surface area contributed by atoms with Gasteiger partial charge in [0.05, 0.1) is 27.0 Å². The SMILES string of the molecule is COc1ccc(NC(=O)CN(c2ccc(Cl)cc2)S(=O)(=O)c2cc(C)ccc2OC)cc1OC. The molecule has 0 heterocycles. The van der Waals surface area contributed by atoms with Crippen LogP contribution in [0.5, 0.6) is 17.2 Å². The van der Waals surface area contributed by atoms with E-state index < -0.39 is 22.5 Å². The predicted molar refractivity (Wildman–Crippen MR) is 132 cm³/mol. The average molecular weight is 505 g/mol. The van der Waals surface area contributed by atoms with E-state index in [1.807, 2.05) is 0 Å². The van der Waals surface area contributed by atoms with Crippen molar-refractivity contribution >= 4 is 38.9 Å². The normalized spacial score (nSPS) is 11.0. The Morgan fingerprint density at radius 3 is 2.12 bits per heavy atom. The van der Waals surface area contributed by atoms with Crippen LogP contribution in [-0.2, 0) is 14.8 Å². The summed E-state index contributed by atoms with van der Waals surface area (Å²) in [5.74, 6) is 0.534. The van der Waals surface area contributed by atoms with E-state index >= 15 is 0 Å². The van der Waals surface area contributed by atoms with E-state index in [0.29, 0.717) is 22.2 Å². The molecule has 3 aromatic rings. The maximum atomic E-state index is 13.7. The van der Waals surface area contributed by atoms with Crippen LogP contribution >= 0.6 is 11.6 Å². The van der Waals surface area contributed by atoms with Gasteiger partial charge in [-0.15, -0.1) is 0 Å². The van der Waals surface area contributed by atoms with E-state index in [-0.39, 0.29) is 16.3 Å². The first-order valence-electron chi connectivity index (χ1n) is 10.1. The third-order valence-electron chi connectivity index (χ3n) is 4.96. The number of hydrogen-bond acceptors (Lipinski definition) is 6. The summed E-state index contributed by atoms with van der Waals surface area (Å²) in [6.07, 6.45) is 0. The first kappa shape index (κ1) is 25.2. The smallest absolute Gasteiger partial charge is 0.268 e. The number of rotatable bonds is 9. The maximum Gasteiger partial charge on any atom is 0.268 e. The molecule has 0 aliphatic carbocycles. The lowest BCUT2D eigenvalue weighted by atomic mass is 10.2. The number of carbonyl (C=O) groups excluding carboxylic acids is 1. The highest BCUT2D eigenvalue weighted by molar-refractivity contribution is 7.93. The average Bonchev–Trinajstić information content (AvgIpc) is 2.83. The molecular formula is C24H25ClN2O6S. The molecule has 10 heteroatoms. The number of sulfonamides is 1. The fraction of sp³-hybridized carbons (Fsp3) is 0.208. The molecule has 0 radical (unpaired) electrons. The van der Waals surface area contributed by atoms with Gasteiger partial charge in [-0.25, -0.2) is 8.42 Å². The molecule has 1 N–H and O–H groups in total. The zero-order valence-corrected chi connectivity index (χ0v) is 20.7. The molecule has 8 nitrogen and oxygen atoms in total. The Morgan fingerprint density at radius 1 is 0.882 bits per heavy atom. The van der Waals surface area contributed by atoms with Crippen LogP contribution in [0.1, 0.15) is 5.56 Å². The molecule has 0 aromatic heterocycles. The first-order valence-corrected chi connectivity index (χ1v) is 12.0. The molecule has 0 saturated carbocycles. The molecule has 0 saturated heterocycles. The third-order valence-corrected chi connectivity index (χ3v) is 7.00. The highest BCUT2D eigenvalue weighted by Crippen LogP contribution is 2.32. The Bertz CT molecular complexity index is 1280. The van der Waals surface area contributed by atoms with Crippen LogP contribution < -0.4 is 23.8 Å². The number of aryl methyl sites for hydroxylation is 1. The minimum absolute atomic E-state index is 0.0520. The van der Waals surface area contributed by atoms with Crippen LogP contribution in [0.2, 0.25) is 5.02 Å². The maximum absolute atomic E-state index is 13.7. The van der Waals surface area contributed by atoms with Gasteiger partial charge in [-0.05, 0) is 61.0 Å². The van der Waals surface area contributed by atoms with Crippen molar-refractivity contribution in [3.05, 3.63) is 71.2 Å². The van der Waals surface area contributed by atoms with Gasteiger partial charge in [0.2, 0.25) is 5.91 Å². The molecule has 34 heavy (non-hydrogen) atoms. The monoisotopic (exact) mass is 504 g/mol. The number of benzene rings is 3. The van der Waals surface area contributed by atoms with Crippen LogP contribution in [0.3, 0.4) is 0 Å². The number of nitrogens with one attached hydrogen (secondary N) is 1. The Morgan fingerprint density at radius 2 is 1.50 bits per heavy atom. The standard InChI is InChI=1S/C24H25ClN2O6S/c1-16-5-11-21(32-3)23(13-16)34(29,30)27(19-9-6-17(25)7-10-19)15-24(28)26-18-8-12-20(31-2)22(14-18)33-4/h5-14H,15H2,1-4H3,(H,26,28). The van der Waals surface area contributed by atoms with Gasteiger partial charge in [0.15, 0.2) is 11.5 Å². The largest absolute Gasteiger partial charge is 0.495 e. The lowest BCUT2D eigenvalue weighted by Crippen LogP contribution is -2.38. The zero-order chi connectivity index (χ0) is 24.9. The second kappa shape index (κ2) is 10.7. The lowest BCUT2D eigenvalue weighted by molar-refractivity contribution is -0.114. The summed E-state index contributed by atoms with van der Waals surface area (Å²) in [7, 11) is 0.190. The molecule has 0 aliphatic heterocycles. The van der Waals surface area contributed by atoms with Crippen molar-refractivity contribution in [2.75, 3.05) is 37.5 Å². The van der Waals surface area contributed by atoms with Crippen molar-refractivity contribution in [1.29, 1.82) is 0 Å². The molecule has 0 spiro atoms. The Balaban J connectivity index is 1.98. The Hall–Kier alpha value is -3.43. The van der Waals surface area contributed by atoms with Gasteiger partial charge < -0.3 is 19.5 Å². The van der Waals surface area contributed by atoms with Crippen LogP contribution in [0.15, 0.2) is 65.6 Å². The summed E-state index contributed by atoms with van der Waals surface area (Å²) in [6, 6.07) is 15.9. The molecule has 1 amide bonds. The number of ether oxygens (including phenoxy) is 3. The molecule has 0 fully saturated rings. The van der Waals surface area contributed by atoms with Crippen molar-refractivity contribution in [2.24, 2.45) is 0 Å². The molecule has 0 bridgehead atoms. The van der Waals surface area contributed by atoms with Gasteiger partial charge in [0, 0.05) is 16.8 Å². The molecule has 3 rings (SSSR count). The van der Waals surface area contributed by atoms with Crippen LogP contribution in [0.25, 0.3) is 0 Å². The molecule has 0 atom stereocenters. The number of hydrogen-bond donors (Lipinski definition) is 1. The number of nitrogens with zero attached hydrogens (tertiary/aromatic N) is 1. The summed E-state index contributed by atoms with van der Waals surface area (Å²) < 4.78 is 44.2. The summed E-state index contributed by atoms with van der Waals surface area (Å²) in [4.78, 5) is 12.9. The van der Waals surface area contributed by atoms with E-state index in [2.05, 4.69) is 5.32 Å². The fourth-order valence-electron chi connectivity index (χ4n) is 3.27. The quantitative estimate of drug-likeness (QED) is 0.461. The summed E-state index contributed by atoms with van der Waals surface area (Å²) in [6.45, 7) is 1.28. The van der Waals surface area contributed by atoms with Crippen molar-refractivity contribution < 1.29 is 27.4 Å². The van der Waals surface area contributed by atoms with Gasteiger partial charge in [0.1, 0.15) is 17.2 Å². The number of amides is 1. The molecule has 3 aromatic carbocycles. The Labute approximate surface area is 204 Å². The van der Waals surface area contributed by atoms with Crippen molar-refractivity contribution in [3.8, 4) is 17.2 Å². The van der Waals surface area contributed by atoms with Crippen molar-refractivity contribution in [3.63, 3.8) is 0 Å². The van der Waals surface area contributed by atoms with E-state index in [4.69, 9.17) is 25.8 Å². The lowest BCUT2D eigenvalue weighted by Gasteiger charge is -2.25. The minimum Gasteiger partial charge on any atom is -0.495 e. The molecular weight excluding hydrogens is 480 g/mol. The van der Waals surface area contributed by atoms with Gasteiger partial charge >= 0.3 is 0 Å². The van der Waals surface area contributed by atoms with Gasteiger partial charge in [-0.2, -0.15) is 0 Å². The van der Waals surface area contributed by atoms with E-state index in [0.717, 1.165) is 9.87 Å². The number of carbonyl (C=O) groups is 1. The number of halogens is 1. The Kier molecular flexibility index (Phi) is 7.90. The minimum atomic E-state index is -4.18. The van der Waals surface area contributed by atoms with E-state index in [1.54, 1.807) is 49.4 Å². The summed E-state index contributed by atoms with van der Waals surface area (Å²) >= 11 is 5.99. The van der Waals surface area contributed by atoms with Crippen molar-refractivity contribution in [2.45, 2.75) is 11.8 Å². The third kappa shape index (κ3) is 5.55. The van der Waals surface area contributed by atoms with Crippen LogP contribution in [-0.4, -0.2) is 42.2 Å². The van der Waals surface area contributed by atoms with Crippen LogP contribution in [0, 0.1) is 6.92 Å².